The highest BCUT2D eigenvalue weighted by atomic mass is 16.5. The molecule has 1 heterocycles. The van der Waals surface area contributed by atoms with E-state index in [1.165, 1.54) is 0 Å². The zero-order valence-electron chi connectivity index (χ0n) is 14.8. The normalized spacial score (nSPS) is 10.9. The van der Waals surface area contributed by atoms with Crippen LogP contribution < -0.4 is 5.56 Å². The van der Waals surface area contributed by atoms with Gasteiger partial charge in [-0.3, -0.25) is 4.79 Å². The molecule has 5 nitrogen and oxygen atoms in total. The Bertz CT molecular complexity index is 1040. The molecule has 0 fully saturated rings. The fraction of sp³-hybridized carbons (Fsp3) is 0.250. The Morgan fingerprint density at radius 2 is 1.96 bits per heavy atom. The number of aromatic nitrogens is 2. The second-order valence-electron chi connectivity index (χ2n) is 6.11. The summed E-state index contributed by atoms with van der Waals surface area (Å²) in [6, 6.07) is 9.78. The van der Waals surface area contributed by atoms with E-state index in [9.17, 15) is 9.59 Å². The van der Waals surface area contributed by atoms with Crippen LogP contribution in [-0.2, 0) is 4.74 Å². The molecular formula is C20H20N2O3. The molecule has 0 aliphatic heterocycles. The molecule has 25 heavy (non-hydrogen) atoms. The third kappa shape index (κ3) is 2.93. The maximum atomic E-state index is 12.4. The molecule has 0 saturated carbocycles. The van der Waals surface area contributed by atoms with Gasteiger partial charge in [-0.15, -0.1) is 0 Å². The van der Waals surface area contributed by atoms with Gasteiger partial charge >= 0.3 is 5.97 Å². The van der Waals surface area contributed by atoms with E-state index in [0.29, 0.717) is 22.2 Å². The topological polar surface area (TPSA) is 72.0 Å². The molecule has 5 heteroatoms. The molecule has 3 aromatic rings. The van der Waals surface area contributed by atoms with Crippen molar-refractivity contribution in [1.82, 2.24) is 10.2 Å². The lowest BCUT2D eigenvalue weighted by Crippen LogP contribution is -2.15. The second kappa shape index (κ2) is 6.51. The van der Waals surface area contributed by atoms with Gasteiger partial charge in [0, 0.05) is 10.9 Å². The smallest absolute Gasteiger partial charge is 0.338 e. The number of benzene rings is 2. The molecule has 128 valence electrons. The first kappa shape index (κ1) is 16.9. The summed E-state index contributed by atoms with van der Waals surface area (Å²) in [5.41, 5.74) is 4.24. The number of nitrogens with zero attached hydrogens (tertiary/aromatic N) is 1. The number of aryl methyl sites for hydroxylation is 3. The minimum absolute atomic E-state index is 0.289. The summed E-state index contributed by atoms with van der Waals surface area (Å²) in [6.07, 6.45) is 0. The molecule has 0 bridgehead atoms. The Morgan fingerprint density at radius 1 is 1.20 bits per heavy atom. The molecule has 0 aliphatic rings. The number of esters is 1. The van der Waals surface area contributed by atoms with Gasteiger partial charge in [-0.05, 0) is 51.0 Å². The van der Waals surface area contributed by atoms with E-state index >= 15 is 0 Å². The van der Waals surface area contributed by atoms with E-state index in [2.05, 4.69) is 10.2 Å². The Morgan fingerprint density at radius 3 is 2.64 bits per heavy atom. The van der Waals surface area contributed by atoms with Crippen LogP contribution in [-0.4, -0.2) is 22.8 Å². The predicted octanol–water partition coefficient (Wildman–Crippen LogP) is 3.69. The van der Waals surface area contributed by atoms with Crippen molar-refractivity contribution in [3.8, 4) is 11.3 Å². The highest BCUT2D eigenvalue weighted by molar-refractivity contribution is 6.03. The van der Waals surface area contributed by atoms with Crippen molar-refractivity contribution in [2.45, 2.75) is 27.7 Å². The Balaban J connectivity index is 2.36. The summed E-state index contributed by atoms with van der Waals surface area (Å²) in [6.45, 7) is 7.68. The first-order valence-corrected chi connectivity index (χ1v) is 8.20. The average molecular weight is 336 g/mol. The van der Waals surface area contributed by atoms with Crippen LogP contribution in [0.5, 0.6) is 0 Å². The van der Waals surface area contributed by atoms with Gasteiger partial charge in [0.2, 0.25) is 0 Å². The van der Waals surface area contributed by atoms with E-state index in [1.807, 2.05) is 44.2 Å². The summed E-state index contributed by atoms with van der Waals surface area (Å²) in [5, 5.41) is 8.02. The highest BCUT2D eigenvalue weighted by Gasteiger charge is 2.20. The van der Waals surface area contributed by atoms with Crippen molar-refractivity contribution in [3.05, 3.63) is 62.9 Å². The van der Waals surface area contributed by atoms with E-state index < -0.39 is 5.97 Å². The molecule has 0 amide bonds. The predicted molar refractivity (Wildman–Crippen MR) is 98.0 cm³/mol. The number of aromatic amines is 1. The van der Waals surface area contributed by atoms with Gasteiger partial charge < -0.3 is 4.74 Å². The molecular weight excluding hydrogens is 316 g/mol. The van der Waals surface area contributed by atoms with Gasteiger partial charge in [-0.1, -0.05) is 23.8 Å². The summed E-state index contributed by atoms with van der Waals surface area (Å²) >= 11 is 0. The lowest BCUT2D eigenvalue weighted by molar-refractivity contribution is 0.0525. The van der Waals surface area contributed by atoms with E-state index in [1.54, 1.807) is 13.8 Å². The number of fused-ring (bicyclic) bond motifs is 1. The van der Waals surface area contributed by atoms with E-state index in [0.717, 1.165) is 22.1 Å². The molecule has 0 radical (unpaired) electrons. The van der Waals surface area contributed by atoms with Crippen molar-refractivity contribution in [3.63, 3.8) is 0 Å². The van der Waals surface area contributed by atoms with Gasteiger partial charge in [0.05, 0.1) is 23.3 Å². The number of hydrogen-bond acceptors (Lipinski definition) is 4. The Labute approximate surface area is 145 Å². The van der Waals surface area contributed by atoms with E-state index in [-0.39, 0.29) is 12.2 Å². The molecule has 0 spiro atoms. The number of nitrogens with one attached hydrogen (secondary N) is 1. The average Bonchev–Trinajstić information content (AvgIpc) is 2.55. The molecule has 3 rings (SSSR count). The van der Waals surface area contributed by atoms with Crippen molar-refractivity contribution in [1.29, 1.82) is 0 Å². The van der Waals surface area contributed by atoms with Crippen LogP contribution in [0.1, 0.15) is 34.0 Å². The Kier molecular flexibility index (Phi) is 4.40. The van der Waals surface area contributed by atoms with Crippen LogP contribution in [0.2, 0.25) is 0 Å². The molecule has 0 saturated heterocycles. The van der Waals surface area contributed by atoms with Crippen LogP contribution in [0.15, 0.2) is 35.1 Å². The summed E-state index contributed by atoms with van der Waals surface area (Å²) < 4.78 is 5.14. The van der Waals surface area contributed by atoms with Crippen LogP contribution in [0.25, 0.3) is 22.0 Å². The quantitative estimate of drug-likeness (QED) is 0.740. The fourth-order valence-electron chi connectivity index (χ4n) is 3.22. The fourth-order valence-corrected chi connectivity index (χ4v) is 3.22. The van der Waals surface area contributed by atoms with Crippen molar-refractivity contribution < 1.29 is 9.53 Å². The standard InChI is InChI=1S/C20H20N2O3/c1-5-25-20(24)16-12(3)10-15-17(13(16)4)19(23)22-21-18(15)14-8-6-7-11(2)9-14/h6-10H,5H2,1-4H3,(H,22,23). The van der Waals surface area contributed by atoms with E-state index in [4.69, 9.17) is 4.74 Å². The highest BCUT2D eigenvalue weighted by Crippen LogP contribution is 2.30. The molecule has 2 aromatic carbocycles. The van der Waals surface area contributed by atoms with Crippen LogP contribution in [0.3, 0.4) is 0 Å². The third-order valence-electron chi connectivity index (χ3n) is 4.30. The molecule has 1 aromatic heterocycles. The summed E-state index contributed by atoms with van der Waals surface area (Å²) in [5.74, 6) is -0.410. The number of hydrogen-bond donors (Lipinski definition) is 1. The largest absolute Gasteiger partial charge is 0.462 e. The van der Waals surface area contributed by atoms with Crippen LogP contribution in [0.4, 0.5) is 0 Å². The molecule has 1 N–H and O–H groups in total. The maximum Gasteiger partial charge on any atom is 0.338 e. The van der Waals surface area contributed by atoms with Crippen molar-refractivity contribution in [2.75, 3.05) is 6.61 Å². The summed E-state index contributed by atoms with van der Waals surface area (Å²) in [7, 11) is 0. The van der Waals surface area contributed by atoms with Crippen LogP contribution >= 0.6 is 0 Å². The van der Waals surface area contributed by atoms with Gasteiger partial charge in [0.25, 0.3) is 5.56 Å². The number of rotatable bonds is 3. The SMILES string of the molecule is CCOC(=O)c1c(C)cc2c(-c3cccc(C)c3)n[nH]c(=O)c2c1C. The van der Waals surface area contributed by atoms with Crippen LogP contribution in [0, 0.1) is 20.8 Å². The minimum atomic E-state index is -0.410. The zero-order valence-corrected chi connectivity index (χ0v) is 14.8. The van der Waals surface area contributed by atoms with Gasteiger partial charge in [-0.25, -0.2) is 9.89 Å². The first-order chi connectivity index (χ1) is 11.9. The second-order valence-corrected chi connectivity index (χ2v) is 6.11. The number of ether oxygens (including phenoxy) is 1. The van der Waals surface area contributed by atoms with Crippen molar-refractivity contribution in [2.24, 2.45) is 0 Å². The molecule has 0 unspecified atom stereocenters. The first-order valence-electron chi connectivity index (χ1n) is 8.20. The minimum Gasteiger partial charge on any atom is -0.462 e. The Hall–Kier alpha value is -2.95. The maximum absolute atomic E-state index is 12.4. The monoisotopic (exact) mass is 336 g/mol. The number of carbonyl (C=O) groups is 1. The molecule has 0 aliphatic carbocycles. The zero-order chi connectivity index (χ0) is 18.1. The third-order valence-corrected chi connectivity index (χ3v) is 4.30. The lowest BCUT2D eigenvalue weighted by Gasteiger charge is -2.14. The number of H-pyrrole nitrogens is 1. The van der Waals surface area contributed by atoms with Gasteiger partial charge in [-0.2, -0.15) is 5.10 Å². The van der Waals surface area contributed by atoms with Gasteiger partial charge in [0.15, 0.2) is 0 Å². The summed E-state index contributed by atoms with van der Waals surface area (Å²) in [4.78, 5) is 24.7. The lowest BCUT2D eigenvalue weighted by atomic mass is 9.94. The van der Waals surface area contributed by atoms with Gasteiger partial charge in [0.1, 0.15) is 0 Å². The number of carbonyl (C=O) groups excluding carboxylic acids is 1. The van der Waals surface area contributed by atoms with Crippen molar-refractivity contribution >= 4 is 16.7 Å². The molecule has 0 atom stereocenters.